The number of ether oxygens (including phenoxy) is 2. The van der Waals surface area contributed by atoms with Gasteiger partial charge >= 0.3 is 6.09 Å². The van der Waals surface area contributed by atoms with Crippen LogP contribution < -0.4 is 9.80 Å². The number of anilines is 2. The Morgan fingerprint density at radius 1 is 1.07 bits per heavy atom. The van der Waals surface area contributed by atoms with Crippen LogP contribution in [0.1, 0.15) is 47.1 Å². The molecule has 1 aromatic rings. The maximum absolute atomic E-state index is 12.4. The number of carbonyl (C=O) groups excluding carboxylic acids is 1. The van der Waals surface area contributed by atoms with Crippen molar-refractivity contribution in [3.8, 4) is 0 Å². The first-order chi connectivity index (χ1) is 13.5. The molecule has 6 heteroatoms. The van der Waals surface area contributed by atoms with E-state index < -0.39 is 5.60 Å². The van der Waals surface area contributed by atoms with Crippen LogP contribution in [0.15, 0.2) is 18.2 Å². The molecular formula is C23H37N3O3. The quantitative estimate of drug-likeness (QED) is 0.745. The van der Waals surface area contributed by atoms with Crippen molar-refractivity contribution in [2.45, 2.75) is 72.3 Å². The number of hydrogen-bond donors (Lipinski definition) is 0. The maximum Gasteiger partial charge on any atom is 0.410 e. The van der Waals surface area contributed by atoms with Crippen LogP contribution in [-0.2, 0) is 9.47 Å². The van der Waals surface area contributed by atoms with Crippen LogP contribution in [0, 0.1) is 6.92 Å². The highest BCUT2D eigenvalue weighted by molar-refractivity contribution is 5.69. The summed E-state index contributed by atoms with van der Waals surface area (Å²) in [5.41, 5.74) is 3.33. The van der Waals surface area contributed by atoms with E-state index in [1.54, 1.807) is 0 Å². The van der Waals surface area contributed by atoms with E-state index in [2.05, 4.69) is 55.7 Å². The summed E-state index contributed by atoms with van der Waals surface area (Å²) in [5.74, 6) is 0. The first-order valence-electron chi connectivity index (χ1n) is 10.8. The van der Waals surface area contributed by atoms with Crippen LogP contribution in [0.2, 0.25) is 0 Å². The Kier molecular flexibility index (Phi) is 6.32. The van der Waals surface area contributed by atoms with E-state index >= 15 is 0 Å². The Bertz CT molecular complexity index is 721. The fourth-order valence-corrected chi connectivity index (χ4v) is 4.38. The molecule has 3 rings (SSSR count). The van der Waals surface area contributed by atoms with Gasteiger partial charge in [0.05, 0.1) is 12.2 Å². The molecule has 0 N–H and O–H groups in total. The van der Waals surface area contributed by atoms with Crippen molar-refractivity contribution in [2.75, 3.05) is 42.5 Å². The molecule has 0 spiro atoms. The molecule has 0 radical (unpaired) electrons. The van der Waals surface area contributed by atoms with Gasteiger partial charge in [-0.25, -0.2) is 4.79 Å². The second-order valence-corrected chi connectivity index (χ2v) is 9.60. The van der Waals surface area contributed by atoms with Crippen LogP contribution in [0.5, 0.6) is 0 Å². The third-order valence-electron chi connectivity index (χ3n) is 5.55. The fraction of sp³-hybridized carbons (Fsp3) is 0.696. The fourth-order valence-electron chi connectivity index (χ4n) is 4.38. The van der Waals surface area contributed by atoms with Gasteiger partial charge in [0.25, 0.3) is 0 Å². The minimum absolute atomic E-state index is 0.217. The van der Waals surface area contributed by atoms with Gasteiger partial charge in [0, 0.05) is 50.1 Å². The molecular weight excluding hydrogens is 366 g/mol. The number of morpholine rings is 1. The van der Waals surface area contributed by atoms with Crippen molar-refractivity contribution in [1.82, 2.24) is 4.90 Å². The molecule has 0 bridgehead atoms. The lowest BCUT2D eigenvalue weighted by atomic mass is 10.1. The molecule has 2 saturated heterocycles. The summed E-state index contributed by atoms with van der Waals surface area (Å²) in [4.78, 5) is 19.0. The molecule has 2 aliphatic heterocycles. The number of rotatable bonds is 2. The molecule has 6 nitrogen and oxygen atoms in total. The smallest absolute Gasteiger partial charge is 0.410 e. The van der Waals surface area contributed by atoms with E-state index in [0.717, 1.165) is 19.6 Å². The Morgan fingerprint density at radius 2 is 1.72 bits per heavy atom. The van der Waals surface area contributed by atoms with E-state index in [9.17, 15) is 4.79 Å². The number of aryl methyl sites for hydroxylation is 1. The predicted octanol–water partition coefficient (Wildman–Crippen LogP) is 4.05. The van der Waals surface area contributed by atoms with Crippen molar-refractivity contribution >= 4 is 17.5 Å². The summed E-state index contributed by atoms with van der Waals surface area (Å²) in [5, 5.41) is 0. The van der Waals surface area contributed by atoms with Gasteiger partial charge in [-0.1, -0.05) is 0 Å². The average Bonchev–Trinajstić information content (AvgIpc) is 2.59. The van der Waals surface area contributed by atoms with Crippen molar-refractivity contribution in [3.05, 3.63) is 23.8 Å². The first kappa shape index (κ1) is 21.8. The third kappa shape index (κ3) is 5.35. The Morgan fingerprint density at radius 3 is 2.28 bits per heavy atom. The number of carbonyl (C=O) groups is 1. The second-order valence-electron chi connectivity index (χ2n) is 9.60. The molecule has 1 amide bonds. The molecule has 2 fully saturated rings. The van der Waals surface area contributed by atoms with Crippen molar-refractivity contribution in [3.63, 3.8) is 0 Å². The monoisotopic (exact) mass is 403 g/mol. The van der Waals surface area contributed by atoms with Crippen LogP contribution in [0.3, 0.4) is 0 Å². The number of hydrogen-bond acceptors (Lipinski definition) is 5. The van der Waals surface area contributed by atoms with E-state index in [1.807, 2.05) is 25.7 Å². The van der Waals surface area contributed by atoms with Crippen molar-refractivity contribution in [1.29, 1.82) is 0 Å². The summed E-state index contributed by atoms with van der Waals surface area (Å²) in [6.07, 6.45) is 0.281. The highest BCUT2D eigenvalue weighted by Crippen LogP contribution is 2.30. The number of piperazine rings is 1. The van der Waals surface area contributed by atoms with Crippen LogP contribution in [-0.4, -0.2) is 67.6 Å². The summed E-state index contributed by atoms with van der Waals surface area (Å²) < 4.78 is 11.4. The highest BCUT2D eigenvalue weighted by Gasteiger charge is 2.30. The van der Waals surface area contributed by atoms with Gasteiger partial charge in [-0.15, -0.1) is 0 Å². The first-order valence-corrected chi connectivity index (χ1v) is 10.8. The van der Waals surface area contributed by atoms with E-state index in [4.69, 9.17) is 9.47 Å². The molecule has 162 valence electrons. The third-order valence-corrected chi connectivity index (χ3v) is 5.55. The summed E-state index contributed by atoms with van der Waals surface area (Å²) in [6.45, 7) is 18.4. The second kappa shape index (κ2) is 8.42. The van der Waals surface area contributed by atoms with Crippen LogP contribution in [0.4, 0.5) is 16.2 Å². The lowest BCUT2D eigenvalue weighted by Gasteiger charge is -2.42. The number of amides is 1. The topological polar surface area (TPSA) is 45.2 Å². The van der Waals surface area contributed by atoms with Gasteiger partial charge < -0.3 is 24.2 Å². The van der Waals surface area contributed by atoms with Gasteiger partial charge in [0.1, 0.15) is 5.60 Å². The molecule has 3 atom stereocenters. The Labute approximate surface area is 175 Å². The van der Waals surface area contributed by atoms with E-state index in [-0.39, 0.29) is 24.3 Å². The average molecular weight is 404 g/mol. The van der Waals surface area contributed by atoms with E-state index in [0.29, 0.717) is 13.1 Å². The predicted molar refractivity (Wildman–Crippen MR) is 118 cm³/mol. The minimum Gasteiger partial charge on any atom is -0.444 e. The summed E-state index contributed by atoms with van der Waals surface area (Å²) in [7, 11) is 0. The molecule has 0 unspecified atom stereocenters. The normalized spacial score (nSPS) is 25.9. The Balaban J connectivity index is 1.67. The maximum atomic E-state index is 12.4. The van der Waals surface area contributed by atoms with Gasteiger partial charge in [-0.2, -0.15) is 0 Å². The molecule has 1 aromatic carbocycles. The molecule has 0 aliphatic carbocycles. The minimum atomic E-state index is -0.459. The SMILES string of the molecule is Cc1cc(N2CCN(C(=O)OC(C)(C)C)C[C@@H]2C)ccc1N1C[C@@H](C)O[C@@H](C)C1. The van der Waals surface area contributed by atoms with Gasteiger partial charge in [-0.05, 0) is 72.2 Å². The van der Waals surface area contributed by atoms with Crippen molar-refractivity contribution < 1.29 is 14.3 Å². The molecule has 0 saturated carbocycles. The standard InChI is InChI=1S/C23H37N3O3/c1-16-12-20(8-9-21(16)25-14-18(3)28-19(4)15-25)26-11-10-24(13-17(26)2)22(27)29-23(5,6)7/h8-9,12,17-19H,10-11,13-15H2,1-7H3/t17-,18-,19+/m0/s1. The molecule has 2 heterocycles. The zero-order valence-corrected chi connectivity index (χ0v) is 19.1. The van der Waals surface area contributed by atoms with Gasteiger partial charge in [-0.3, -0.25) is 0 Å². The van der Waals surface area contributed by atoms with Crippen molar-refractivity contribution in [2.24, 2.45) is 0 Å². The molecule has 29 heavy (non-hydrogen) atoms. The number of benzene rings is 1. The lowest BCUT2D eigenvalue weighted by Crippen LogP contribution is -2.54. The zero-order valence-electron chi connectivity index (χ0n) is 19.1. The molecule has 0 aromatic heterocycles. The molecule has 2 aliphatic rings. The van der Waals surface area contributed by atoms with E-state index in [1.165, 1.54) is 16.9 Å². The van der Waals surface area contributed by atoms with Gasteiger partial charge in [0.15, 0.2) is 0 Å². The summed E-state index contributed by atoms with van der Waals surface area (Å²) >= 11 is 0. The number of nitrogens with zero attached hydrogens (tertiary/aromatic N) is 3. The van der Waals surface area contributed by atoms with Crippen LogP contribution in [0.25, 0.3) is 0 Å². The highest BCUT2D eigenvalue weighted by atomic mass is 16.6. The van der Waals surface area contributed by atoms with Crippen LogP contribution >= 0.6 is 0 Å². The van der Waals surface area contributed by atoms with Gasteiger partial charge in [0.2, 0.25) is 0 Å². The summed E-state index contributed by atoms with van der Waals surface area (Å²) in [6, 6.07) is 6.97. The zero-order chi connectivity index (χ0) is 21.3. The largest absolute Gasteiger partial charge is 0.444 e. The lowest BCUT2D eigenvalue weighted by molar-refractivity contribution is -0.00525. The Hall–Kier alpha value is -1.95.